The van der Waals surface area contributed by atoms with Crippen LogP contribution in [0.15, 0.2) is 89.6 Å². The molecule has 4 nitrogen and oxygen atoms in total. The molecule has 0 bridgehead atoms. The molecule has 0 N–H and O–H groups in total. The summed E-state index contributed by atoms with van der Waals surface area (Å²) in [6.45, 7) is 20.2. The van der Waals surface area contributed by atoms with Crippen LogP contribution < -0.4 is 5.19 Å². The Morgan fingerprint density at radius 2 is 1.58 bits per heavy atom. The molecular formula is C53H61IrN3OSi-2. The smallest absolute Gasteiger partial charge is 0.216 e. The molecule has 3 aromatic carbocycles. The van der Waals surface area contributed by atoms with Crippen LogP contribution >= 0.6 is 0 Å². The maximum Gasteiger partial charge on any atom is 0.216 e. The first-order chi connectivity index (χ1) is 31.1. The molecule has 0 saturated carbocycles. The molecule has 0 unspecified atom stereocenters. The summed E-state index contributed by atoms with van der Waals surface area (Å²) in [5.74, 6) is -0.703. The molecule has 0 atom stereocenters. The zero-order valence-electron chi connectivity index (χ0n) is 46.1. The summed E-state index contributed by atoms with van der Waals surface area (Å²) in [5, 5.41) is 1.98. The van der Waals surface area contributed by atoms with E-state index in [1.165, 1.54) is 23.9 Å². The molecule has 0 aliphatic heterocycles. The fourth-order valence-corrected chi connectivity index (χ4v) is 8.50. The Labute approximate surface area is 382 Å². The van der Waals surface area contributed by atoms with Crippen LogP contribution in [0.3, 0.4) is 0 Å². The van der Waals surface area contributed by atoms with E-state index >= 15 is 0 Å². The minimum absolute atomic E-state index is 0. The van der Waals surface area contributed by atoms with Crippen LogP contribution in [0.5, 0.6) is 0 Å². The van der Waals surface area contributed by atoms with Crippen molar-refractivity contribution in [2.24, 2.45) is 5.41 Å². The Bertz CT molecular complexity index is 3030. The van der Waals surface area contributed by atoms with Gasteiger partial charge in [0, 0.05) is 57.2 Å². The Morgan fingerprint density at radius 1 is 0.864 bits per heavy atom. The fraction of sp³-hybridized carbons (Fsp3) is 0.377. The van der Waals surface area contributed by atoms with Crippen molar-refractivity contribution in [3.05, 3.63) is 131 Å². The number of benzene rings is 3. The van der Waals surface area contributed by atoms with Crippen molar-refractivity contribution in [2.75, 3.05) is 0 Å². The quantitative estimate of drug-likeness (QED) is 0.123. The second kappa shape index (κ2) is 17.4. The molecule has 59 heavy (non-hydrogen) atoms. The molecule has 8 rings (SSSR count). The van der Waals surface area contributed by atoms with Crippen LogP contribution in [0.1, 0.15) is 121 Å². The van der Waals surface area contributed by atoms with Gasteiger partial charge in [0.25, 0.3) is 0 Å². The molecule has 7 aromatic rings. The van der Waals surface area contributed by atoms with Gasteiger partial charge in [0.1, 0.15) is 0 Å². The molecule has 1 aliphatic carbocycles. The van der Waals surface area contributed by atoms with Crippen LogP contribution in [0, 0.1) is 24.4 Å². The second-order valence-electron chi connectivity index (χ2n) is 18.5. The maximum atomic E-state index is 8.86. The maximum absolute atomic E-state index is 8.86. The molecule has 0 saturated heterocycles. The Morgan fingerprint density at radius 3 is 2.24 bits per heavy atom. The van der Waals surface area contributed by atoms with Gasteiger partial charge in [-0.25, -0.2) is 4.98 Å². The molecule has 4 heterocycles. The molecule has 1 aliphatic rings. The first kappa shape index (κ1) is 32.5. The zero-order chi connectivity index (χ0) is 50.4. The van der Waals surface area contributed by atoms with E-state index in [1.54, 1.807) is 0 Å². The number of furan rings is 1. The summed E-state index contributed by atoms with van der Waals surface area (Å²) >= 11 is 0. The number of rotatable bonds is 6. The average molecular weight is 986 g/mol. The summed E-state index contributed by atoms with van der Waals surface area (Å²) in [4.78, 5) is 13.9. The predicted octanol–water partition coefficient (Wildman–Crippen LogP) is 13.8. The average Bonchev–Trinajstić information content (AvgIpc) is 3.62. The van der Waals surface area contributed by atoms with Gasteiger partial charge in [0.05, 0.1) is 19.4 Å². The van der Waals surface area contributed by atoms with Crippen LogP contribution in [0.25, 0.3) is 55.8 Å². The first-order valence-electron chi connectivity index (χ1n) is 25.1. The summed E-state index contributed by atoms with van der Waals surface area (Å²) in [6.07, 6.45) is -1.56. The normalized spacial score (nSPS) is 18.1. The minimum atomic E-state index is -2.44. The van der Waals surface area contributed by atoms with Crippen molar-refractivity contribution < 1.29 is 38.2 Å². The number of fused-ring (bicyclic) bond motifs is 4. The molecule has 309 valence electrons. The molecule has 6 heteroatoms. The van der Waals surface area contributed by atoms with Crippen molar-refractivity contribution in [1.29, 1.82) is 0 Å². The molecule has 0 amide bonds. The number of aryl methyl sites for hydroxylation is 3. The van der Waals surface area contributed by atoms with Gasteiger partial charge in [0.15, 0.2) is 0 Å². The van der Waals surface area contributed by atoms with E-state index in [1.807, 2.05) is 89.3 Å². The van der Waals surface area contributed by atoms with Crippen molar-refractivity contribution in [2.45, 2.75) is 125 Å². The Kier molecular flexibility index (Phi) is 9.60. The fourth-order valence-electron chi connectivity index (χ4n) is 7.10. The van der Waals surface area contributed by atoms with E-state index in [9.17, 15) is 0 Å². The Hall–Kier alpha value is -4.22. The molecule has 0 spiro atoms. The van der Waals surface area contributed by atoms with Crippen molar-refractivity contribution in [3.8, 4) is 33.8 Å². The standard InChI is InChI=1S/C31H29N2O.C22H32NSi.Ir/c1-19-9-14-24(27-17-21-7-5-6-8-22(21)18-32-27)29-28(19)25-15-16-26(33-30(25)34-29)20-10-12-23(13-11-20)31(2,3)4;1-16(2)17-10-9-11-18(12-17)20-13-19(14-22(3,4)5)21(15-23-20)24(6,7)8;/h9-13,15-18H,5-8H2,1-4H3;9-10,12-13,15-16H,14H2,1-8H3;/q2*-1;/i1D3,7D2,8D2;14D2,16D;. The van der Waals surface area contributed by atoms with Gasteiger partial charge in [-0.1, -0.05) is 140 Å². The van der Waals surface area contributed by atoms with E-state index in [-0.39, 0.29) is 66.3 Å². The largest absolute Gasteiger partial charge is 0.486 e. The topological polar surface area (TPSA) is 51.8 Å². The number of aromatic nitrogens is 3. The summed E-state index contributed by atoms with van der Waals surface area (Å²) < 4.78 is 90.5. The summed E-state index contributed by atoms with van der Waals surface area (Å²) in [6, 6.07) is 28.6. The summed E-state index contributed by atoms with van der Waals surface area (Å²) in [5.41, 5.74) is 7.15. The predicted molar refractivity (Wildman–Crippen MR) is 248 cm³/mol. The van der Waals surface area contributed by atoms with Gasteiger partial charge in [-0.05, 0) is 88.5 Å². The van der Waals surface area contributed by atoms with Crippen LogP contribution in [0.2, 0.25) is 19.6 Å². The van der Waals surface area contributed by atoms with Gasteiger partial charge in [0.2, 0.25) is 5.71 Å². The van der Waals surface area contributed by atoms with E-state index in [0.717, 1.165) is 27.4 Å². The third-order valence-corrected chi connectivity index (χ3v) is 12.3. The zero-order valence-corrected chi connectivity index (χ0v) is 39.5. The number of pyridine rings is 3. The molecule has 4 aromatic heterocycles. The van der Waals surface area contributed by atoms with Crippen molar-refractivity contribution >= 4 is 35.3 Å². The SMILES string of the molecule is [2H]C(C)(C)c1cc[c-]c(-c2cc(C([2H])([2H])C(C)(C)C)c([Si](C)(C)C)cn2)c1.[2H]C([2H])([2H])c1c[c-]c(-c2cc3c(cn2)C([2H])([2H])CCC3([2H])[2H])c2oc3nc(-c4ccc(C(C)(C)C)cc4)ccc3c12.[Ir]. The first-order valence-corrected chi connectivity index (χ1v) is 23.6. The number of nitrogens with zero attached hydrogens (tertiary/aromatic N) is 3. The van der Waals surface area contributed by atoms with E-state index < -0.39 is 45.4 Å². The summed E-state index contributed by atoms with van der Waals surface area (Å²) in [7, 11) is -1.77. The van der Waals surface area contributed by atoms with Crippen LogP contribution in [0.4, 0.5) is 0 Å². The third kappa shape index (κ3) is 10.0. The second-order valence-corrected chi connectivity index (χ2v) is 23.5. The third-order valence-electron chi connectivity index (χ3n) is 10.3. The van der Waals surface area contributed by atoms with Crippen molar-refractivity contribution in [1.82, 2.24) is 15.0 Å². The van der Waals surface area contributed by atoms with Gasteiger partial charge in [-0.3, -0.25) is 0 Å². The monoisotopic (exact) mass is 986 g/mol. The van der Waals surface area contributed by atoms with Crippen molar-refractivity contribution in [3.63, 3.8) is 0 Å². The van der Waals surface area contributed by atoms with E-state index in [2.05, 4.69) is 74.6 Å². The van der Waals surface area contributed by atoms with Crippen LogP contribution in [-0.4, -0.2) is 23.0 Å². The van der Waals surface area contributed by atoms with Crippen LogP contribution in [-0.2, 0) is 44.6 Å². The number of hydrogen-bond donors (Lipinski definition) is 0. The number of hydrogen-bond acceptors (Lipinski definition) is 4. The van der Waals surface area contributed by atoms with Gasteiger partial charge in [-0.15, -0.1) is 53.1 Å². The van der Waals surface area contributed by atoms with E-state index in [4.69, 9.17) is 23.1 Å². The van der Waals surface area contributed by atoms with E-state index in [0.29, 0.717) is 33.4 Å². The molecule has 1 radical (unpaired) electrons. The van der Waals surface area contributed by atoms with Gasteiger partial charge >= 0.3 is 0 Å². The minimum Gasteiger partial charge on any atom is -0.486 e. The molecule has 0 fully saturated rings. The van der Waals surface area contributed by atoms with Gasteiger partial charge < -0.3 is 14.4 Å². The van der Waals surface area contributed by atoms with Gasteiger partial charge in [-0.2, -0.15) is 0 Å². The Balaban J connectivity index is 0.000000244. The molecular weight excluding hydrogens is 915 g/mol.